The molecule has 0 saturated carbocycles. The van der Waals surface area contributed by atoms with Crippen LogP contribution in [0, 0.1) is 0 Å². The number of aromatic nitrogens is 3. The number of β-amino-alcohol motifs (C(OH)–C–C–N with tert-alkyl or cyclic N) is 1. The molecule has 2 aliphatic rings. The molecule has 1 aromatic carbocycles. The Morgan fingerprint density at radius 1 is 1.24 bits per heavy atom. The van der Waals surface area contributed by atoms with Gasteiger partial charge in [0.1, 0.15) is 16.4 Å². The largest absolute Gasteiger partial charge is 0.391 e. The maximum absolute atomic E-state index is 13.1. The van der Waals surface area contributed by atoms with Crippen molar-refractivity contribution in [2.45, 2.75) is 31.4 Å². The number of aliphatic hydroxyl groups excluding tert-OH is 1. The second kappa shape index (κ2) is 7.74. The summed E-state index contributed by atoms with van der Waals surface area (Å²) in [6.07, 6.45) is 2.41. The first-order valence-electron chi connectivity index (χ1n) is 10.1. The summed E-state index contributed by atoms with van der Waals surface area (Å²) in [5.74, 6) is 1.07. The van der Waals surface area contributed by atoms with Gasteiger partial charge >= 0.3 is 0 Å². The number of hydrogen-bond donors (Lipinski definition) is 4. The van der Waals surface area contributed by atoms with Crippen molar-refractivity contribution in [3.63, 3.8) is 0 Å². The first kappa shape index (κ1) is 18.5. The zero-order chi connectivity index (χ0) is 19.8. The van der Waals surface area contributed by atoms with Crippen LogP contribution in [0.5, 0.6) is 0 Å². The number of benzene rings is 1. The van der Waals surface area contributed by atoms with Crippen LogP contribution in [0.25, 0.3) is 20.8 Å². The van der Waals surface area contributed by atoms with Crippen molar-refractivity contribution >= 4 is 33.3 Å². The summed E-state index contributed by atoms with van der Waals surface area (Å²) in [7, 11) is 0. The molecule has 0 unspecified atom stereocenters. The number of fused-ring (bicyclic) bond motifs is 1. The van der Waals surface area contributed by atoms with Gasteiger partial charge < -0.3 is 20.6 Å². The van der Waals surface area contributed by atoms with Crippen LogP contribution in [0.4, 0.5) is 11.8 Å². The summed E-state index contributed by atoms with van der Waals surface area (Å²) in [5.41, 5.74) is 1.16. The SMILES string of the molecule is O=c1[nH]c(N2CC[C@@H](O)C2)nc(N[C@@H]2CCCNC2)c1-c1nc2ccccc2s1. The lowest BCUT2D eigenvalue weighted by atomic mass is 10.1. The Morgan fingerprint density at radius 3 is 2.90 bits per heavy atom. The van der Waals surface area contributed by atoms with Crippen LogP contribution in [-0.4, -0.2) is 58.4 Å². The first-order valence-corrected chi connectivity index (χ1v) is 10.9. The molecule has 2 aromatic heterocycles. The summed E-state index contributed by atoms with van der Waals surface area (Å²) in [6.45, 7) is 3.01. The van der Waals surface area contributed by atoms with Gasteiger partial charge in [-0.1, -0.05) is 12.1 Å². The minimum atomic E-state index is -0.386. The number of thiazole rings is 1. The molecular weight excluding hydrogens is 388 g/mol. The van der Waals surface area contributed by atoms with Crippen molar-refractivity contribution in [3.05, 3.63) is 34.6 Å². The van der Waals surface area contributed by atoms with Crippen molar-refractivity contribution in [1.82, 2.24) is 20.3 Å². The van der Waals surface area contributed by atoms with Crippen LogP contribution >= 0.6 is 11.3 Å². The molecule has 5 rings (SSSR count). The van der Waals surface area contributed by atoms with Crippen molar-refractivity contribution in [3.8, 4) is 10.6 Å². The van der Waals surface area contributed by atoms with Gasteiger partial charge in [-0.3, -0.25) is 9.78 Å². The number of nitrogens with one attached hydrogen (secondary N) is 3. The highest BCUT2D eigenvalue weighted by Gasteiger charge is 2.26. The van der Waals surface area contributed by atoms with Gasteiger partial charge in [-0.15, -0.1) is 11.3 Å². The van der Waals surface area contributed by atoms with Crippen LogP contribution in [0.15, 0.2) is 29.1 Å². The van der Waals surface area contributed by atoms with Crippen LogP contribution < -0.4 is 21.1 Å². The monoisotopic (exact) mass is 412 g/mol. The van der Waals surface area contributed by atoms with E-state index in [1.807, 2.05) is 29.2 Å². The van der Waals surface area contributed by atoms with E-state index in [1.165, 1.54) is 11.3 Å². The van der Waals surface area contributed by atoms with Gasteiger partial charge in [0.05, 0.1) is 16.3 Å². The minimum Gasteiger partial charge on any atom is -0.391 e. The maximum atomic E-state index is 13.1. The van der Waals surface area contributed by atoms with E-state index in [2.05, 4.69) is 20.6 Å². The number of hydrogen-bond acceptors (Lipinski definition) is 8. The van der Waals surface area contributed by atoms with Crippen molar-refractivity contribution in [2.24, 2.45) is 0 Å². The Morgan fingerprint density at radius 2 is 2.14 bits per heavy atom. The lowest BCUT2D eigenvalue weighted by molar-refractivity contribution is 0.198. The van der Waals surface area contributed by atoms with E-state index in [9.17, 15) is 9.90 Å². The molecule has 9 heteroatoms. The summed E-state index contributed by atoms with van der Waals surface area (Å²) in [4.78, 5) is 27.5. The first-order chi connectivity index (χ1) is 14.2. The molecule has 29 heavy (non-hydrogen) atoms. The molecule has 4 N–H and O–H groups in total. The van der Waals surface area contributed by atoms with E-state index in [-0.39, 0.29) is 17.7 Å². The molecule has 2 aliphatic heterocycles. The highest BCUT2D eigenvalue weighted by Crippen LogP contribution is 2.33. The third-order valence-electron chi connectivity index (χ3n) is 5.52. The maximum Gasteiger partial charge on any atom is 0.264 e. The zero-order valence-electron chi connectivity index (χ0n) is 16.0. The number of piperidine rings is 1. The summed E-state index contributed by atoms with van der Waals surface area (Å²) in [5, 5.41) is 17.4. The normalized spacial score (nSPS) is 22.3. The number of para-hydroxylation sites is 1. The van der Waals surface area contributed by atoms with Crippen molar-refractivity contribution in [1.29, 1.82) is 0 Å². The predicted molar refractivity (Wildman–Crippen MR) is 116 cm³/mol. The van der Waals surface area contributed by atoms with Crippen molar-refractivity contribution < 1.29 is 5.11 Å². The molecule has 2 fully saturated rings. The number of aliphatic hydroxyl groups is 1. The van der Waals surface area contributed by atoms with Gasteiger partial charge in [0.25, 0.3) is 5.56 Å². The molecule has 3 aromatic rings. The molecule has 0 radical (unpaired) electrons. The van der Waals surface area contributed by atoms with Gasteiger partial charge in [-0.05, 0) is 37.9 Å². The Labute approximate surface area is 172 Å². The Balaban J connectivity index is 1.58. The van der Waals surface area contributed by atoms with E-state index in [0.717, 1.165) is 36.1 Å². The summed E-state index contributed by atoms with van der Waals surface area (Å²) < 4.78 is 1.04. The van der Waals surface area contributed by atoms with Crippen molar-refractivity contribution in [2.75, 3.05) is 36.4 Å². The highest BCUT2D eigenvalue weighted by atomic mass is 32.1. The van der Waals surface area contributed by atoms with E-state index in [0.29, 0.717) is 41.8 Å². The van der Waals surface area contributed by atoms with Gasteiger partial charge in [0.2, 0.25) is 5.95 Å². The smallest absolute Gasteiger partial charge is 0.264 e. The summed E-state index contributed by atoms with van der Waals surface area (Å²) in [6, 6.07) is 8.10. The third kappa shape index (κ3) is 3.73. The van der Waals surface area contributed by atoms with Gasteiger partial charge in [-0.25, -0.2) is 4.98 Å². The van der Waals surface area contributed by atoms with E-state index < -0.39 is 0 Å². The number of aromatic amines is 1. The van der Waals surface area contributed by atoms with Crippen LogP contribution in [0.2, 0.25) is 0 Å². The molecule has 2 atom stereocenters. The molecule has 2 saturated heterocycles. The third-order valence-corrected chi connectivity index (χ3v) is 6.57. The zero-order valence-corrected chi connectivity index (χ0v) is 16.8. The average Bonchev–Trinajstić information content (AvgIpc) is 3.34. The molecule has 0 amide bonds. The average molecular weight is 413 g/mol. The number of rotatable bonds is 4. The molecule has 8 nitrogen and oxygen atoms in total. The van der Waals surface area contributed by atoms with Gasteiger partial charge in [-0.2, -0.15) is 4.98 Å². The molecule has 0 bridgehead atoms. The highest BCUT2D eigenvalue weighted by molar-refractivity contribution is 7.21. The molecule has 4 heterocycles. The Kier molecular flexibility index (Phi) is 4.94. The standard InChI is InChI=1S/C20H24N6O2S/c27-13-7-9-26(11-13)20-24-17(22-12-4-3-8-21-10-12)16(18(28)25-20)19-23-14-5-1-2-6-15(14)29-19/h1-2,5-6,12-13,21,27H,3-4,7-11H2,(H2,22,24,25,28)/t12-,13-/m1/s1. The van der Waals surface area contributed by atoms with E-state index in [1.54, 1.807) is 0 Å². The van der Waals surface area contributed by atoms with Crippen LogP contribution in [0.3, 0.4) is 0 Å². The van der Waals surface area contributed by atoms with E-state index in [4.69, 9.17) is 4.98 Å². The molecular formula is C20H24N6O2S. The summed E-state index contributed by atoms with van der Waals surface area (Å²) >= 11 is 1.50. The second-order valence-corrected chi connectivity index (χ2v) is 8.71. The number of H-pyrrole nitrogens is 1. The number of nitrogens with zero attached hydrogens (tertiary/aromatic N) is 3. The molecule has 152 valence electrons. The van der Waals surface area contributed by atoms with E-state index >= 15 is 0 Å². The number of anilines is 2. The molecule has 0 aliphatic carbocycles. The predicted octanol–water partition coefficient (Wildman–Crippen LogP) is 1.78. The minimum absolute atomic E-state index is 0.207. The second-order valence-electron chi connectivity index (χ2n) is 7.68. The Bertz CT molecular complexity index is 1040. The molecule has 0 spiro atoms. The fourth-order valence-electron chi connectivity index (χ4n) is 4.00. The lowest BCUT2D eigenvalue weighted by Crippen LogP contribution is -2.39. The van der Waals surface area contributed by atoms with Crippen LogP contribution in [-0.2, 0) is 0 Å². The fourth-order valence-corrected chi connectivity index (χ4v) is 5.00. The Hall–Kier alpha value is -2.49. The topological polar surface area (TPSA) is 106 Å². The quantitative estimate of drug-likeness (QED) is 0.518. The lowest BCUT2D eigenvalue weighted by Gasteiger charge is -2.26. The van der Waals surface area contributed by atoms with Gasteiger partial charge in [0, 0.05) is 25.7 Å². The van der Waals surface area contributed by atoms with Crippen LogP contribution in [0.1, 0.15) is 19.3 Å². The van der Waals surface area contributed by atoms with Gasteiger partial charge in [0.15, 0.2) is 0 Å². The fraction of sp³-hybridized carbons (Fsp3) is 0.450.